The van der Waals surface area contributed by atoms with Gasteiger partial charge in [0.25, 0.3) is 5.91 Å². The van der Waals surface area contributed by atoms with Crippen molar-refractivity contribution in [3.8, 4) is 11.3 Å². The molecule has 0 radical (unpaired) electrons. The summed E-state index contributed by atoms with van der Waals surface area (Å²) in [7, 11) is 0. The molecule has 1 aromatic carbocycles. The molecule has 2 aromatic heterocycles. The zero-order chi connectivity index (χ0) is 22.4. The number of carbonyl (C=O) groups is 1. The van der Waals surface area contributed by atoms with E-state index < -0.39 is 29.5 Å². The lowest BCUT2D eigenvalue weighted by Gasteiger charge is -2.21. The number of nitrogens with zero attached hydrogens (tertiary/aromatic N) is 3. The van der Waals surface area contributed by atoms with Crippen LogP contribution in [0.2, 0.25) is 0 Å². The molecule has 0 bridgehead atoms. The van der Waals surface area contributed by atoms with Gasteiger partial charge in [-0.2, -0.15) is 27.1 Å². The Morgan fingerprint density at radius 3 is 2.29 bits per heavy atom. The Morgan fingerprint density at radius 2 is 1.68 bits per heavy atom. The molecule has 1 aliphatic carbocycles. The Hall–Kier alpha value is -3.11. The van der Waals surface area contributed by atoms with Gasteiger partial charge in [-0.05, 0) is 43.2 Å². The van der Waals surface area contributed by atoms with Crippen molar-refractivity contribution in [2.45, 2.75) is 43.8 Å². The highest BCUT2D eigenvalue weighted by Crippen LogP contribution is 2.44. The lowest BCUT2D eigenvalue weighted by atomic mass is 10.1. The molecule has 0 spiro atoms. The van der Waals surface area contributed by atoms with Crippen molar-refractivity contribution < 1.29 is 31.1 Å². The third-order valence-corrected chi connectivity index (χ3v) is 5.17. The lowest BCUT2D eigenvalue weighted by molar-refractivity contribution is -0.291. The van der Waals surface area contributed by atoms with Crippen LogP contribution in [0.4, 0.5) is 26.3 Å². The minimum Gasteiger partial charge on any atom is -0.348 e. The van der Waals surface area contributed by atoms with E-state index in [0.29, 0.717) is 10.6 Å². The molecule has 1 amide bonds. The Morgan fingerprint density at radius 1 is 1.03 bits per heavy atom. The maximum Gasteiger partial charge on any atom is 0.459 e. The topological polar surface area (TPSA) is 59.3 Å². The second-order valence-electron chi connectivity index (χ2n) is 7.36. The van der Waals surface area contributed by atoms with Crippen molar-refractivity contribution in [3.05, 3.63) is 53.6 Å². The quantitative estimate of drug-likeness (QED) is 0.587. The maximum atomic E-state index is 14.3. The molecule has 2 heterocycles. The summed E-state index contributed by atoms with van der Waals surface area (Å²) in [4.78, 5) is 16.5. The molecule has 0 atom stereocenters. The van der Waals surface area contributed by atoms with Gasteiger partial charge >= 0.3 is 12.1 Å². The zero-order valence-corrected chi connectivity index (χ0v) is 15.9. The van der Waals surface area contributed by atoms with Crippen LogP contribution in [0.25, 0.3) is 16.9 Å². The van der Waals surface area contributed by atoms with Crippen LogP contribution in [0, 0.1) is 5.82 Å². The summed E-state index contributed by atoms with van der Waals surface area (Å²) in [5.74, 6) is -6.56. The van der Waals surface area contributed by atoms with E-state index in [2.05, 4.69) is 15.4 Å². The number of nitrogens with one attached hydrogen (secondary N) is 1. The second-order valence-corrected chi connectivity index (χ2v) is 7.36. The highest BCUT2D eigenvalue weighted by atomic mass is 19.4. The monoisotopic (exact) mass is 442 g/mol. The van der Waals surface area contributed by atoms with Gasteiger partial charge in [-0.15, -0.1) is 0 Å². The third kappa shape index (κ3) is 3.96. The fourth-order valence-electron chi connectivity index (χ4n) is 3.55. The molecule has 1 aliphatic rings. The van der Waals surface area contributed by atoms with Gasteiger partial charge in [0.2, 0.25) is 0 Å². The molecule has 1 fully saturated rings. The van der Waals surface area contributed by atoms with Crippen molar-refractivity contribution in [2.24, 2.45) is 0 Å². The largest absolute Gasteiger partial charge is 0.459 e. The van der Waals surface area contributed by atoms with Crippen molar-refractivity contribution in [1.29, 1.82) is 0 Å². The molecule has 0 aliphatic heterocycles. The van der Waals surface area contributed by atoms with Gasteiger partial charge in [0.05, 0.1) is 5.69 Å². The number of halogens is 6. The number of carbonyl (C=O) groups excluding carboxylic acids is 1. The van der Waals surface area contributed by atoms with Crippen molar-refractivity contribution in [2.75, 3.05) is 0 Å². The van der Waals surface area contributed by atoms with Gasteiger partial charge in [0.1, 0.15) is 11.5 Å². The van der Waals surface area contributed by atoms with Crippen LogP contribution in [-0.2, 0) is 5.92 Å². The highest BCUT2D eigenvalue weighted by molar-refractivity contribution is 5.93. The minimum atomic E-state index is -5.90. The van der Waals surface area contributed by atoms with E-state index in [0.717, 1.165) is 43.9 Å². The van der Waals surface area contributed by atoms with Crippen molar-refractivity contribution >= 4 is 11.6 Å². The molecule has 0 saturated heterocycles. The summed E-state index contributed by atoms with van der Waals surface area (Å²) in [5.41, 5.74) is -2.30. The highest BCUT2D eigenvalue weighted by Gasteiger charge is 2.60. The summed E-state index contributed by atoms with van der Waals surface area (Å²) in [6.45, 7) is 0. The van der Waals surface area contributed by atoms with Gasteiger partial charge in [-0.25, -0.2) is 13.9 Å². The van der Waals surface area contributed by atoms with E-state index in [9.17, 15) is 31.1 Å². The molecular formula is C20H16F6N4O. The van der Waals surface area contributed by atoms with E-state index in [1.807, 2.05) is 0 Å². The first kappa shape index (κ1) is 21.1. The van der Waals surface area contributed by atoms with Crippen LogP contribution in [0.3, 0.4) is 0 Å². The first-order valence-corrected chi connectivity index (χ1v) is 9.49. The zero-order valence-electron chi connectivity index (χ0n) is 15.9. The Bertz CT molecular complexity index is 1120. The average molecular weight is 442 g/mol. The number of fused-ring (bicyclic) bond motifs is 1. The molecule has 3 aromatic rings. The van der Waals surface area contributed by atoms with Crippen LogP contribution in [0.15, 0.2) is 36.4 Å². The van der Waals surface area contributed by atoms with E-state index in [-0.39, 0.29) is 28.6 Å². The predicted molar refractivity (Wildman–Crippen MR) is 98.1 cm³/mol. The van der Waals surface area contributed by atoms with E-state index in [1.165, 1.54) is 12.1 Å². The summed E-state index contributed by atoms with van der Waals surface area (Å²) in [5, 5.41) is 6.39. The number of hydrogen-bond acceptors (Lipinski definition) is 3. The number of aromatic nitrogens is 3. The molecule has 11 heteroatoms. The molecule has 0 unspecified atom stereocenters. The normalized spacial score (nSPS) is 15.5. The van der Waals surface area contributed by atoms with Gasteiger partial charge < -0.3 is 5.32 Å². The summed E-state index contributed by atoms with van der Waals surface area (Å²) in [6.07, 6.45) is -2.53. The maximum absolute atomic E-state index is 14.3. The standard InChI is InChI=1S/C20H16F6N4O/c21-12-7-5-11(6-8-12)14-9-16(19(22,23)20(24,25)26)30-17(28-14)10-15(29-30)18(31)27-13-3-1-2-4-13/h5-10,13H,1-4H2,(H,27,31). The molecular weight excluding hydrogens is 426 g/mol. The second kappa shape index (κ2) is 7.54. The van der Waals surface area contributed by atoms with Crippen LogP contribution in [0.1, 0.15) is 41.9 Å². The van der Waals surface area contributed by atoms with Crippen LogP contribution < -0.4 is 5.32 Å². The Kier molecular flexibility index (Phi) is 5.14. The number of rotatable bonds is 4. The van der Waals surface area contributed by atoms with Gasteiger partial charge in [0, 0.05) is 17.7 Å². The van der Waals surface area contributed by atoms with Crippen LogP contribution in [0.5, 0.6) is 0 Å². The number of alkyl halides is 5. The average Bonchev–Trinajstić information content (AvgIpc) is 3.36. The molecule has 31 heavy (non-hydrogen) atoms. The van der Waals surface area contributed by atoms with Crippen LogP contribution >= 0.6 is 0 Å². The van der Waals surface area contributed by atoms with E-state index >= 15 is 0 Å². The molecule has 5 nitrogen and oxygen atoms in total. The summed E-state index contributed by atoms with van der Waals surface area (Å²) >= 11 is 0. The Balaban J connectivity index is 1.84. The summed E-state index contributed by atoms with van der Waals surface area (Å²) < 4.78 is 81.5. The smallest absolute Gasteiger partial charge is 0.348 e. The number of hydrogen-bond donors (Lipinski definition) is 1. The van der Waals surface area contributed by atoms with Gasteiger partial charge in [-0.3, -0.25) is 4.79 Å². The summed E-state index contributed by atoms with van der Waals surface area (Å²) in [6, 6.07) is 5.95. The van der Waals surface area contributed by atoms with Gasteiger partial charge in [0.15, 0.2) is 11.3 Å². The number of amides is 1. The molecule has 164 valence electrons. The van der Waals surface area contributed by atoms with E-state index in [1.54, 1.807) is 0 Å². The fraction of sp³-hybridized carbons (Fsp3) is 0.350. The number of benzene rings is 1. The lowest BCUT2D eigenvalue weighted by Crippen LogP contribution is -2.36. The molecule has 1 N–H and O–H groups in total. The first-order chi connectivity index (χ1) is 14.6. The van der Waals surface area contributed by atoms with E-state index in [4.69, 9.17) is 0 Å². The third-order valence-electron chi connectivity index (χ3n) is 5.17. The van der Waals surface area contributed by atoms with Crippen LogP contribution in [-0.4, -0.2) is 32.7 Å². The van der Waals surface area contributed by atoms with Crippen molar-refractivity contribution in [1.82, 2.24) is 19.9 Å². The fourth-order valence-corrected chi connectivity index (χ4v) is 3.55. The molecule has 1 saturated carbocycles. The first-order valence-electron chi connectivity index (χ1n) is 9.49. The SMILES string of the molecule is O=C(NC1CCCC1)c1cc2nc(-c3ccc(F)cc3)cc(C(F)(F)C(F)(F)F)n2n1. The molecule has 4 rings (SSSR count). The minimum absolute atomic E-state index is 0.101. The van der Waals surface area contributed by atoms with Crippen molar-refractivity contribution in [3.63, 3.8) is 0 Å². The Labute approximate surface area is 172 Å². The predicted octanol–water partition coefficient (Wildman–Crippen LogP) is 4.86. The van der Waals surface area contributed by atoms with Gasteiger partial charge in [-0.1, -0.05) is 12.8 Å².